The molecule has 2 N–H and O–H groups in total. The van der Waals surface area contributed by atoms with Crippen molar-refractivity contribution in [3.63, 3.8) is 0 Å². The van der Waals surface area contributed by atoms with E-state index in [2.05, 4.69) is 30.5 Å². The van der Waals surface area contributed by atoms with Gasteiger partial charge < -0.3 is 15.4 Å². The summed E-state index contributed by atoms with van der Waals surface area (Å²) < 4.78 is 46.6. The Morgan fingerprint density at radius 3 is 2.62 bits per heavy atom. The first-order chi connectivity index (χ1) is 20.2. The number of alkyl halides is 3. The molecule has 1 saturated heterocycles. The number of rotatable bonds is 9. The van der Waals surface area contributed by atoms with E-state index in [1.165, 1.54) is 56.1 Å². The van der Waals surface area contributed by atoms with E-state index in [1.54, 1.807) is 12.1 Å². The van der Waals surface area contributed by atoms with E-state index in [-0.39, 0.29) is 11.8 Å². The van der Waals surface area contributed by atoms with Crippen LogP contribution in [0.5, 0.6) is 11.6 Å². The molecule has 2 aromatic heterocycles. The van der Waals surface area contributed by atoms with Crippen LogP contribution in [0.15, 0.2) is 48.5 Å². The lowest BCUT2D eigenvalue weighted by molar-refractivity contribution is -0.137. The van der Waals surface area contributed by atoms with Gasteiger partial charge in [-0.1, -0.05) is 36.0 Å². The molecule has 1 aliphatic heterocycles. The summed E-state index contributed by atoms with van der Waals surface area (Å²) in [7, 11) is 0. The van der Waals surface area contributed by atoms with E-state index in [4.69, 9.17) is 4.74 Å². The van der Waals surface area contributed by atoms with Crippen molar-refractivity contribution in [2.24, 2.45) is 5.92 Å². The number of nitrogens with zero attached hydrogens (tertiary/aromatic N) is 4. The molecule has 1 saturated carbocycles. The average Bonchev–Trinajstić information content (AvgIpc) is 3.68. The summed E-state index contributed by atoms with van der Waals surface area (Å²) in [6.45, 7) is 4.28. The number of ether oxygens (including phenoxy) is 1. The van der Waals surface area contributed by atoms with E-state index in [0.717, 1.165) is 42.3 Å². The van der Waals surface area contributed by atoms with Gasteiger partial charge in [0.15, 0.2) is 10.9 Å². The highest BCUT2D eigenvalue weighted by atomic mass is 32.1. The second kappa shape index (κ2) is 11.8. The standard InChI is InChI=1S/C30H31F3N6O2S/c1-18(40)35-29-38-27-24(6-4-7-25(27)42-29)41-26-15-23(20-10-12-21(13-11-20)30(31,32)33)36-28(37-26)34-16-22-5-2-3-14-39(22)17-19-8-9-19/h4,6-7,10-13,15,19,22H,2-3,5,8-9,14,16-17H2,1H3,(H,34,36,37)(H,35,38,40). The van der Waals surface area contributed by atoms with Gasteiger partial charge >= 0.3 is 6.18 Å². The number of hydrogen-bond acceptors (Lipinski definition) is 8. The number of piperidine rings is 1. The van der Waals surface area contributed by atoms with Crippen molar-refractivity contribution in [2.45, 2.75) is 51.2 Å². The van der Waals surface area contributed by atoms with Crippen LogP contribution in [0.2, 0.25) is 0 Å². The van der Waals surface area contributed by atoms with Crippen LogP contribution in [0, 0.1) is 5.92 Å². The first kappa shape index (κ1) is 28.4. The molecule has 42 heavy (non-hydrogen) atoms. The molecule has 1 amide bonds. The van der Waals surface area contributed by atoms with Crippen molar-refractivity contribution in [1.82, 2.24) is 19.9 Å². The number of benzene rings is 2. The zero-order valence-corrected chi connectivity index (χ0v) is 23.9. The van der Waals surface area contributed by atoms with Crippen LogP contribution in [-0.2, 0) is 11.0 Å². The molecular weight excluding hydrogens is 565 g/mol. The van der Waals surface area contributed by atoms with Gasteiger partial charge in [0, 0.05) is 37.7 Å². The lowest BCUT2D eigenvalue weighted by Gasteiger charge is -2.36. The Kier molecular flexibility index (Phi) is 8.00. The van der Waals surface area contributed by atoms with Crippen LogP contribution < -0.4 is 15.4 Å². The maximum atomic E-state index is 13.2. The largest absolute Gasteiger partial charge is 0.437 e. The Hall–Kier alpha value is -3.77. The first-order valence-electron chi connectivity index (χ1n) is 14.1. The molecule has 8 nitrogen and oxygen atoms in total. The Labute approximate surface area is 245 Å². The zero-order chi connectivity index (χ0) is 29.3. The number of anilines is 2. The van der Waals surface area contributed by atoms with Crippen LogP contribution in [0.4, 0.5) is 24.3 Å². The molecular formula is C30H31F3N6O2S. The zero-order valence-electron chi connectivity index (χ0n) is 23.1. The number of carbonyl (C=O) groups excluding carboxylic acids is 1. The number of hydrogen-bond donors (Lipinski definition) is 2. The summed E-state index contributed by atoms with van der Waals surface area (Å²) in [6.07, 6.45) is 1.63. The van der Waals surface area contributed by atoms with Gasteiger partial charge in [0.25, 0.3) is 0 Å². The summed E-state index contributed by atoms with van der Waals surface area (Å²) in [5.74, 6) is 1.57. The van der Waals surface area contributed by atoms with Gasteiger partial charge in [0.1, 0.15) is 5.52 Å². The third-order valence-electron chi connectivity index (χ3n) is 7.52. The number of amides is 1. The molecule has 1 unspecified atom stereocenters. The highest BCUT2D eigenvalue weighted by Gasteiger charge is 2.31. The molecule has 2 aromatic carbocycles. The number of thiazole rings is 1. The second-order valence-corrected chi connectivity index (χ2v) is 11.9. The maximum Gasteiger partial charge on any atom is 0.416 e. The lowest BCUT2D eigenvalue weighted by atomic mass is 10.0. The van der Waals surface area contributed by atoms with Crippen molar-refractivity contribution in [3.8, 4) is 22.9 Å². The summed E-state index contributed by atoms with van der Waals surface area (Å²) in [5.41, 5.74) is 0.770. The van der Waals surface area contributed by atoms with Crippen molar-refractivity contribution in [3.05, 3.63) is 54.1 Å². The predicted molar refractivity (Wildman–Crippen MR) is 157 cm³/mol. The number of nitrogens with one attached hydrogen (secondary N) is 2. The van der Waals surface area contributed by atoms with E-state index < -0.39 is 11.7 Å². The molecule has 0 radical (unpaired) electrons. The molecule has 0 spiro atoms. The van der Waals surface area contributed by atoms with E-state index in [9.17, 15) is 18.0 Å². The molecule has 12 heteroatoms. The Bertz CT molecular complexity index is 1570. The molecule has 3 heterocycles. The van der Waals surface area contributed by atoms with Crippen LogP contribution in [0.3, 0.4) is 0 Å². The number of fused-ring (bicyclic) bond motifs is 1. The minimum atomic E-state index is -4.43. The summed E-state index contributed by atoms with van der Waals surface area (Å²) in [6, 6.07) is 12.3. The van der Waals surface area contributed by atoms with Crippen molar-refractivity contribution in [1.29, 1.82) is 0 Å². The molecule has 2 aliphatic rings. The van der Waals surface area contributed by atoms with Crippen LogP contribution in [0.1, 0.15) is 44.6 Å². The number of aromatic nitrogens is 3. The Morgan fingerprint density at radius 2 is 1.88 bits per heavy atom. The lowest BCUT2D eigenvalue weighted by Crippen LogP contribution is -2.44. The topological polar surface area (TPSA) is 92.3 Å². The van der Waals surface area contributed by atoms with Gasteiger partial charge in [-0.3, -0.25) is 9.69 Å². The molecule has 1 atom stereocenters. The third kappa shape index (κ3) is 6.81. The highest BCUT2D eigenvalue weighted by molar-refractivity contribution is 7.22. The van der Waals surface area contributed by atoms with Gasteiger partial charge in [-0.15, -0.1) is 0 Å². The molecule has 2 fully saturated rings. The van der Waals surface area contributed by atoms with E-state index >= 15 is 0 Å². The fraction of sp³-hybridized carbons (Fsp3) is 0.400. The maximum absolute atomic E-state index is 13.2. The number of halogens is 3. The summed E-state index contributed by atoms with van der Waals surface area (Å²) in [4.78, 5) is 27.9. The second-order valence-electron chi connectivity index (χ2n) is 10.9. The molecule has 1 aliphatic carbocycles. The number of carbonyl (C=O) groups is 1. The smallest absolute Gasteiger partial charge is 0.416 e. The fourth-order valence-electron chi connectivity index (χ4n) is 5.23. The monoisotopic (exact) mass is 596 g/mol. The predicted octanol–water partition coefficient (Wildman–Crippen LogP) is 7.20. The average molecular weight is 597 g/mol. The Balaban J connectivity index is 1.30. The van der Waals surface area contributed by atoms with Crippen LogP contribution in [-0.4, -0.2) is 51.4 Å². The normalized spacial score (nSPS) is 17.8. The fourth-order valence-corrected chi connectivity index (χ4v) is 6.16. The van der Waals surface area contributed by atoms with Gasteiger partial charge in [-0.05, 0) is 62.4 Å². The molecule has 4 aromatic rings. The summed E-state index contributed by atoms with van der Waals surface area (Å²) >= 11 is 1.32. The summed E-state index contributed by atoms with van der Waals surface area (Å²) in [5, 5.41) is 6.54. The van der Waals surface area contributed by atoms with Gasteiger partial charge in [-0.25, -0.2) is 9.97 Å². The quantitative estimate of drug-likeness (QED) is 0.211. The third-order valence-corrected chi connectivity index (χ3v) is 8.46. The molecule has 6 rings (SSSR count). The molecule has 0 bridgehead atoms. The molecule has 220 valence electrons. The van der Waals surface area contributed by atoms with Crippen molar-refractivity contribution < 1.29 is 22.7 Å². The minimum absolute atomic E-state index is 0.224. The van der Waals surface area contributed by atoms with Gasteiger partial charge in [-0.2, -0.15) is 18.2 Å². The Morgan fingerprint density at radius 1 is 1.07 bits per heavy atom. The number of para-hydroxylation sites is 1. The van der Waals surface area contributed by atoms with Crippen molar-refractivity contribution >= 4 is 38.5 Å². The van der Waals surface area contributed by atoms with E-state index in [0.29, 0.717) is 46.2 Å². The highest BCUT2D eigenvalue weighted by Crippen LogP contribution is 2.36. The van der Waals surface area contributed by atoms with Gasteiger partial charge in [0.2, 0.25) is 17.7 Å². The van der Waals surface area contributed by atoms with Gasteiger partial charge in [0.05, 0.1) is 16.0 Å². The minimum Gasteiger partial charge on any atom is -0.437 e. The van der Waals surface area contributed by atoms with Crippen LogP contribution in [0.25, 0.3) is 21.5 Å². The number of likely N-dealkylation sites (tertiary alicyclic amines) is 1. The van der Waals surface area contributed by atoms with Crippen molar-refractivity contribution in [2.75, 3.05) is 30.3 Å². The SMILES string of the molecule is CC(=O)Nc1nc2c(Oc3cc(-c4ccc(C(F)(F)F)cc4)nc(NCC4CCCCN4CC4CC4)n3)cccc2s1. The van der Waals surface area contributed by atoms with Crippen LogP contribution >= 0.6 is 11.3 Å². The first-order valence-corrected chi connectivity index (χ1v) is 14.9. The van der Waals surface area contributed by atoms with E-state index in [1.807, 2.05) is 12.1 Å².